The van der Waals surface area contributed by atoms with Crippen LogP contribution in [0.5, 0.6) is 0 Å². The monoisotopic (exact) mass is 296 g/mol. The van der Waals surface area contributed by atoms with Crippen molar-refractivity contribution in [1.82, 2.24) is 0 Å². The number of benzene rings is 2. The quantitative estimate of drug-likeness (QED) is 0.829. The Morgan fingerprint density at radius 3 is 2.65 bits per heavy atom. The number of hydrogen-bond acceptors (Lipinski definition) is 2. The van der Waals surface area contributed by atoms with Crippen LogP contribution in [0.3, 0.4) is 0 Å². The second-order valence-corrected chi connectivity index (χ2v) is 4.65. The third kappa shape index (κ3) is 2.72. The van der Waals surface area contributed by atoms with Gasteiger partial charge in [-0.2, -0.15) is 0 Å². The van der Waals surface area contributed by atoms with E-state index in [0.717, 1.165) is 6.07 Å². The first-order chi connectivity index (χ1) is 9.40. The number of amides is 1. The fourth-order valence-corrected chi connectivity index (χ4v) is 1.85. The van der Waals surface area contributed by atoms with Gasteiger partial charge < -0.3 is 11.1 Å². The zero-order valence-corrected chi connectivity index (χ0v) is 11.3. The molecular weight excluding hydrogens is 286 g/mol. The molecule has 0 radical (unpaired) electrons. The molecule has 0 aliphatic heterocycles. The maximum atomic E-state index is 13.8. The van der Waals surface area contributed by atoms with Crippen molar-refractivity contribution in [2.75, 3.05) is 11.1 Å². The molecule has 0 aliphatic rings. The molecule has 0 fully saturated rings. The predicted molar refractivity (Wildman–Crippen MR) is 74.9 cm³/mol. The van der Waals surface area contributed by atoms with Crippen LogP contribution in [0, 0.1) is 18.6 Å². The SMILES string of the molecule is Cc1ccc(F)c(C(=O)Nc2cc(N)ccc2Cl)c1F. The highest BCUT2D eigenvalue weighted by Gasteiger charge is 2.19. The first-order valence-electron chi connectivity index (χ1n) is 5.71. The van der Waals surface area contributed by atoms with Gasteiger partial charge in [0, 0.05) is 5.69 Å². The largest absolute Gasteiger partial charge is 0.399 e. The van der Waals surface area contributed by atoms with E-state index in [4.69, 9.17) is 17.3 Å². The molecule has 0 atom stereocenters. The second-order valence-electron chi connectivity index (χ2n) is 4.25. The third-order valence-electron chi connectivity index (χ3n) is 2.75. The van der Waals surface area contributed by atoms with Gasteiger partial charge in [0.05, 0.1) is 10.7 Å². The number of hydrogen-bond donors (Lipinski definition) is 2. The van der Waals surface area contributed by atoms with Crippen molar-refractivity contribution >= 4 is 28.9 Å². The highest BCUT2D eigenvalue weighted by atomic mass is 35.5. The Morgan fingerprint density at radius 1 is 1.25 bits per heavy atom. The molecule has 0 saturated heterocycles. The fraction of sp³-hybridized carbons (Fsp3) is 0.0714. The highest BCUT2D eigenvalue weighted by molar-refractivity contribution is 6.34. The van der Waals surface area contributed by atoms with Gasteiger partial charge in [0.15, 0.2) is 0 Å². The molecule has 6 heteroatoms. The maximum Gasteiger partial charge on any atom is 0.261 e. The average Bonchev–Trinajstić information content (AvgIpc) is 2.39. The summed E-state index contributed by atoms with van der Waals surface area (Å²) in [5, 5.41) is 2.57. The lowest BCUT2D eigenvalue weighted by molar-refractivity contribution is 0.101. The summed E-state index contributed by atoms with van der Waals surface area (Å²) < 4.78 is 27.4. The van der Waals surface area contributed by atoms with Gasteiger partial charge in [0.2, 0.25) is 0 Å². The van der Waals surface area contributed by atoms with Gasteiger partial charge in [0.1, 0.15) is 17.2 Å². The molecule has 0 unspecified atom stereocenters. The molecule has 0 aliphatic carbocycles. The van der Waals surface area contributed by atoms with Crippen LogP contribution < -0.4 is 11.1 Å². The van der Waals surface area contributed by atoms with Crippen molar-refractivity contribution in [2.45, 2.75) is 6.92 Å². The van der Waals surface area contributed by atoms with Gasteiger partial charge >= 0.3 is 0 Å². The lowest BCUT2D eigenvalue weighted by Crippen LogP contribution is -2.17. The second kappa shape index (κ2) is 5.46. The molecule has 3 nitrogen and oxygen atoms in total. The molecule has 2 rings (SSSR count). The standard InChI is InChI=1S/C14H11ClF2N2O/c1-7-2-5-10(16)12(13(7)17)14(20)19-11-6-8(18)3-4-9(11)15/h2-6H,18H2,1H3,(H,19,20). The van der Waals surface area contributed by atoms with Crippen LogP contribution in [0.2, 0.25) is 5.02 Å². The summed E-state index contributed by atoms with van der Waals surface area (Å²) in [4.78, 5) is 12.0. The van der Waals surface area contributed by atoms with Crippen LogP contribution in [0.4, 0.5) is 20.2 Å². The average molecular weight is 297 g/mol. The van der Waals surface area contributed by atoms with E-state index < -0.39 is 23.1 Å². The summed E-state index contributed by atoms with van der Waals surface area (Å²) in [6.45, 7) is 1.44. The molecule has 2 aromatic rings. The number of rotatable bonds is 2. The predicted octanol–water partition coefficient (Wildman–Crippen LogP) is 3.76. The molecule has 1 amide bonds. The number of halogens is 3. The number of anilines is 2. The van der Waals surface area contributed by atoms with E-state index in [2.05, 4.69) is 5.32 Å². The van der Waals surface area contributed by atoms with Gasteiger partial charge in [-0.25, -0.2) is 8.78 Å². The van der Waals surface area contributed by atoms with Gasteiger partial charge in [-0.1, -0.05) is 17.7 Å². The molecule has 0 saturated carbocycles. The van der Waals surface area contributed by atoms with E-state index >= 15 is 0 Å². The summed E-state index contributed by atoms with van der Waals surface area (Å²) in [7, 11) is 0. The van der Waals surface area contributed by atoms with Crippen molar-refractivity contribution in [1.29, 1.82) is 0 Å². The molecule has 2 aromatic carbocycles. The van der Waals surface area contributed by atoms with Crippen LogP contribution in [0.25, 0.3) is 0 Å². The van der Waals surface area contributed by atoms with E-state index in [0.29, 0.717) is 5.69 Å². The summed E-state index contributed by atoms with van der Waals surface area (Å²) >= 11 is 5.88. The topological polar surface area (TPSA) is 55.1 Å². The van der Waals surface area contributed by atoms with E-state index in [-0.39, 0.29) is 16.3 Å². The Bertz CT molecular complexity index is 689. The Morgan fingerprint density at radius 2 is 1.95 bits per heavy atom. The number of nitrogens with two attached hydrogens (primary N) is 1. The van der Waals surface area contributed by atoms with Gasteiger partial charge in [0.25, 0.3) is 5.91 Å². The Kier molecular flexibility index (Phi) is 3.90. The molecule has 0 heterocycles. The number of nitrogen functional groups attached to an aromatic ring is 1. The van der Waals surface area contributed by atoms with E-state index in [1.165, 1.54) is 25.1 Å². The van der Waals surface area contributed by atoms with Crippen LogP contribution in [0.15, 0.2) is 30.3 Å². The Hall–Kier alpha value is -2.14. The van der Waals surface area contributed by atoms with Crippen LogP contribution in [-0.4, -0.2) is 5.91 Å². The van der Waals surface area contributed by atoms with Crippen LogP contribution >= 0.6 is 11.6 Å². The first kappa shape index (κ1) is 14.3. The summed E-state index contributed by atoms with van der Waals surface area (Å²) in [6.07, 6.45) is 0. The van der Waals surface area contributed by atoms with E-state index in [9.17, 15) is 13.6 Å². The number of nitrogens with one attached hydrogen (secondary N) is 1. The normalized spacial score (nSPS) is 10.4. The summed E-state index contributed by atoms with van der Waals surface area (Å²) in [5.41, 5.74) is 5.66. The van der Waals surface area contributed by atoms with Gasteiger partial charge in [-0.15, -0.1) is 0 Å². The molecular formula is C14H11ClF2N2O. The Balaban J connectivity index is 2.38. The van der Waals surface area contributed by atoms with Crippen LogP contribution in [0.1, 0.15) is 15.9 Å². The lowest BCUT2D eigenvalue weighted by Gasteiger charge is -2.10. The summed E-state index contributed by atoms with van der Waals surface area (Å²) in [6, 6.07) is 6.73. The van der Waals surface area contributed by atoms with Crippen molar-refractivity contribution in [2.24, 2.45) is 0 Å². The zero-order valence-electron chi connectivity index (χ0n) is 10.5. The Labute approximate surface area is 119 Å². The minimum absolute atomic E-state index is 0.176. The maximum absolute atomic E-state index is 13.8. The van der Waals surface area contributed by atoms with Crippen molar-refractivity contribution in [3.63, 3.8) is 0 Å². The van der Waals surface area contributed by atoms with Crippen molar-refractivity contribution in [3.8, 4) is 0 Å². The lowest BCUT2D eigenvalue weighted by atomic mass is 10.1. The summed E-state index contributed by atoms with van der Waals surface area (Å²) in [5.74, 6) is -2.76. The van der Waals surface area contributed by atoms with Gasteiger partial charge in [-0.3, -0.25) is 4.79 Å². The molecule has 0 spiro atoms. The number of aryl methyl sites for hydroxylation is 1. The fourth-order valence-electron chi connectivity index (χ4n) is 1.69. The third-order valence-corrected chi connectivity index (χ3v) is 3.08. The number of carbonyl (C=O) groups is 1. The minimum atomic E-state index is -0.939. The first-order valence-corrected chi connectivity index (χ1v) is 6.09. The zero-order chi connectivity index (χ0) is 14.9. The number of carbonyl (C=O) groups excluding carboxylic acids is 1. The molecule has 0 bridgehead atoms. The van der Waals surface area contributed by atoms with Crippen molar-refractivity contribution < 1.29 is 13.6 Å². The van der Waals surface area contributed by atoms with Crippen molar-refractivity contribution in [3.05, 3.63) is 58.1 Å². The van der Waals surface area contributed by atoms with Crippen LogP contribution in [-0.2, 0) is 0 Å². The molecule has 104 valence electrons. The smallest absolute Gasteiger partial charge is 0.261 e. The van der Waals surface area contributed by atoms with Gasteiger partial charge in [-0.05, 0) is 36.8 Å². The van der Waals surface area contributed by atoms with E-state index in [1.54, 1.807) is 6.07 Å². The molecule has 3 N–H and O–H groups in total. The minimum Gasteiger partial charge on any atom is -0.399 e. The highest BCUT2D eigenvalue weighted by Crippen LogP contribution is 2.25. The van der Waals surface area contributed by atoms with E-state index in [1.807, 2.05) is 0 Å². The molecule has 20 heavy (non-hydrogen) atoms. The molecule has 0 aromatic heterocycles.